The molecule has 1 amide bonds. The summed E-state index contributed by atoms with van der Waals surface area (Å²) < 4.78 is 0. The fraction of sp³-hybridized carbons (Fsp3) is 0.500. The number of rotatable bonds is 7. The van der Waals surface area contributed by atoms with Crippen LogP contribution in [0.4, 0.5) is 0 Å². The molecule has 6 heteroatoms. The minimum atomic E-state index is -1.13. The van der Waals surface area contributed by atoms with Gasteiger partial charge in [0.2, 0.25) is 0 Å². The van der Waals surface area contributed by atoms with Gasteiger partial charge in [0.25, 0.3) is 5.91 Å². The zero-order valence-electron chi connectivity index (χ0n) is 12.0. The first-order valence-corrected chi connectivity index (χ1v) is 7.67. The zero-order chi connectivity index (χ0) is 15.1. The lowest BCUT2D eigenvalue weighted by Crippen LogP contribution is -2.35. The summed E-state index contributed by atoms with van der Waals surface area (Å²) in [6, 6.07) is 2.97. The molecule has 0 aliphatic carbocycles. The molecule has 1 aromatic heterocycles. The Morgan fingerprint density at radius 2 is 2.20 bits per heavy atom. The molecule has 0 saturated heterocycles. The van der Waals surface area contributed by atoms with E-state index in [4.69, 9.17) is 5.11 Å². The molecule has 20 heavy (non-hydrogen) atoms. The fourth-order valence-electron chi connectivity index (χ4n) is 1.68. The van der Waals surface area contributed by atoms with Gasteiger partial charge in [-0.25, -0.2) is 9.78 Å². The topological polar surface area (TPSA) is 70.5 Å². The number of carboxylic acid groups (broad SMARTS) is 1. The van der Waals surface area contributed by atoms with Crippen LogP contribution in [0.2, 0.25) is 0 Å². The maximum absolute atomic E-state index is 12.3. The molecule has 0 spiro atoms. The molecule has 1 unspecified atom stereocenters. The lowest BCUT2D eigenvalue weighted by Gasteiger charge is -2.25. The van der Waals surface area contributed by atoms with Gasteiger partial charge in [0.1, 0.15) is 5.69 Å². The largest absolute Gasteiger partial charge is 0.477 e. The number of aromatic nitrogens is 1. The first kappa shape index (κ1) is 16.5. The molecule has 1 atom stereocenters. The third kappa shape index (κ3) is 4.52. The summed E-state index contributed by atoms with van der Waals surface area (Å²) in [5.74, 6) is 0.765. The molecule has 1 heterocycles. The minimum absolute atomic E-state index is 0.113. The van der Waals surface area contributed by atoms with Crippen LogP contribution in [0.3, 0.4) is 0 Å². The first-order valence-electron chi connectivity index (χ1n) is 6.51. The number of nitrogens with zero attached hydrogens (tertiary/aromatic N) is 2. The van der Waals surface area contributed by atoms with Crippen LogP contribution in [0.15, 0.2) is 18.3 Å². The Morgan fingerprint density at radius 3 is 2.80 bits per heavy atom. The van der Waals surface area contributed by atoms with Gasteiger partial charge in [-0.1, -0.05) is 6.92 Å². The Kier molecular flexibility index (Phi) is 6.51. The summed E-state index contributed by atoms with van der Waals surface area (Å²) in [6.07, 6.45) is 2.26. The predicted molar refractivity (Wildman–Crippen MR) is 80.4 cm³/mol. The smallest absolute Gasteiger partial charge is 0.354 e. The number of amides is 1. The number of aromatic carboxylic acids is 1. The molecule has 1 rings (SSSR count). The fourth-order valence-corrected chi connectivity index (χ4v) is 2.47. The Hall–Kier alpha value is -1.56. The molecule has 1 N–H and O–H groups in total. The maximum atomic E-state index is 12.3. The number of hydrogen-bond acceptors (Lipinski definition) is 4. The molecule has 0 aliphatic rings. The minimum Gasteiger partial charge on any atom is -0.477 e. The number of carbonyl (C=O) groups is 2. The second-order valence-electron chi connectivity index (χ2n) is 4.49. The van der Waals surface area contributed by atoms with Crippen LogP contribution < -0.4 is 0 Å². The highest BCUT2D eigenvalue weighted by Gasteiger charge is 2.18. The number of pyridine rings is 1. The average Bonchev–Trinajstić information content (AvgIpc) is 2.45. The molecule has 5 nitrogen and oxygen atoms in total. The van der Waals surface area contributed by atoms with Crippen LogP contribution >= 0.6 is 11.8 Å². The third-order valence-electron chi connectivity index (χ3n) is 3.09. The summed E-state index contributed by atoms with van der Waals surface area (Å²) >= 11 is 1.84. The van der Waals surface area contributed by atoms with Crippen molar-refractivity contribution in [2.75, 3.05) is 18.6 Å². The van der Waals surface area contributed by atoms with E-state index in [1.165, 1.54) is 12.3 Å². The molecule has 1 aromatic rings. The van der Waals surface area contributed by atoms with Crippen LogP contribution in [0.5, 0.6) is 0 Å². The molecule has 0 bridgehead atoms. The van der Waals surface area contributed by atoms with Crippen LogP contribution in [0.1, 0.15) is 41.1 Å². The van der Waals surface area contributed by atoms with Gasteiger partial charge in [0, 0.05) is 24.8 Å². The number of carboxylic acids is 1. The molecule has 110 valence electrons. The Bertz CT molecular complexity index is 479. The van der Waals surface area contributed by atoms with E-state index >= 15 is 0 Å². The van der Waals surface area contributed by atoms with Crippen molar-refractivity contribution in [2.24, 2.45) is 0 Å². The Labute approximate surface area is 123 Å². The summed E-state index contributed by atoms with van der Waals surface area (Å²) in [6.45, 7) is 4.10. The van der Waals surface area contributed by atoms with Crippen molar-refractivity contribution in [3.63, 3.8) is 0 Å². The van der Waals surface area contributed by atoms with E-state index < -0.39 is 5.97 Å². The standard InChI is InChI=1S/C14H20N2O3S/c1-4-20-8-6-10(2)16(3)13(17)11-5-7-15-12(9-11)14(18)19/h5,7,9-10H,4,6,8H2,1-3H3,(H,18,19). The van der Waals surface area contributed by atoms with Gasteiger partial charge >= 0.3 is 5.97 Å². The van der Waals surface area contributed by atoms with E-state index in [0.717, 1.165) is 17.9 Å². The molecule has 0 aromatic carbocycles. The molecular formula is C14H20N2O3S. The monoisotopic (exact) mass is 296 g/mol. The summed E-state index contributed by atoms with van der Waals surface area (Å²) in [5, 5.41) is 8.89. The van der Waals surface area contributed by atoms with E-state index in [0.29, 0.717) is 5.56 Å². The van der Waals surface area contributed by atoms with Gasteiger partial charge in [-0.15, -0.1) is 0 Å². The van der Waals surface area contributed by atoms with Crippen molar-refractivity contribution in [3.05, 3.63) is 29.6 Å². The van der Waals surface area contributed by atoms with Gasteiger partial charge in [0.05, 0.1) is 0 Å². The highest BCUT2D eigenvalue weighted by molar-refractivity contribution is 7.99. The lowest BCUT2D eigenvalue weighted by molar-refractivity contribution is 0.0690. The van der Waals surface area contributed by atoms with Gasteiger partial charge < -0.3 is 10.0 Å². The van der Waals surface area contributed by atoms with E-state index in [2.05, 4.69) is 11.9 Å². The molecule has 0 fully saturated rings. The van der Waals surface area contributed by atoms with Crippen molar-refractivity contribution in [3.8, 4) is 0 Å². The third-order valence-corrected chi connectivity index (χ3v) is 4.02. The number of carbonyl (C=O) groups excluding carboxylic acids is 1. The van der Waals surface area contributed by atoms with Crippen LogP contribution in [0, 0.1) is 0 Å². The second kappa shape index (κ2) is 7.89. The van der Waals surface area contributed by atoms with Crippen LogP contribution in [-0.4, -0.2) is 51.5 Å². The summed E-state index contributed by atoms with van der Waals surface area (Å²) in [5.41, 5.74) is 0.244. The van der Waals surface area contributed by atoms with Crippen LogP contribution in [-0.2, 0) is 0 Å². The van der Waals surface area contributed by atoms with E-state index in [1.807, 2.05) is 18.7 Å². The molecule has 0 radical (unpaired) electrons. The SMILES string of the molecule is CCSCCC(C)N(C)C(=O)c1ccnc(C(=O)O)c1. The van der Waals surface area contributed by atoms with Crippen molar-refractivity contribution >= 4 is 23.6 Å². The van der Waals surface area contributed by atoms with Crippen molar-refractivity contribution in [1.82, 2.24) is 9.88 Å². The Morgan fingerprint density at radius 1 is 1.50 bits per heavy atom. The second-order valence-corrected chi connectivity index (χ2v) is 5.88. The van der Waals surface area contributed by atoms with Crippen molar-refractivity contribution in [1.29, 1.82) is 0 Å². The van der Waals surface area contributed by atoms with Crippen LogP contribution in [0.25, 0.3) is 0 Å². The molecule has 0 saturated carbocycles. The van der Waals surface area contributed by atoms with Gasteiger partial charge in [-0.05, 0) is 37.0 Å². The van der Waals surface area contributed by atoms with Gasteiger partial charge in [-0.3, -0.25) is 4.79 Å². The highest BCUT2D eigenvalue weighted by atomic mass is 32.2. The van der Waals surface area contributed by atoms with Crippen molar-refractivity contribution < 1.29 is 14.7 Å². The van der Waals surface area contributed by atoms with E-state index in [9.17, 15) is 9.59 Å². The van der Waals surface area contributed by atoms with Crippen molar-refractivity contribution in [2.45, 2.75) is 26.3 Å². The predicted octanol–water partition coefficient (Wildman–Crippen LogP) is 2.38. The summed E-state index contributed by atoms with van der Waals surface area (Å²) in [4.78, 5) is 28.5. The maximum Gasteiger partial charge on any atom is 0.354 e. The summed E-state index contributed by atoms with van der Waals surface area (Å²) in [7, 11) is 1.74. The molecular weight excluding hydrogens is 276 g/mol. The highest BCUT2D eigenvalue weighted by Crippen LogP contribution is 2.12. The normalized spacial score (nSPS) is 11.9. The Balaban J connectivity index is 2.73. The average molecular weight is 296 g/mol. The van der Waals surface area contributed by atoms with E-state index in [1.54, 1.807) is 18.0 Å². The first-order chi connectivity index (χ1) is 9.47. The van der Waals surface area contributed by atoms with E-state index in [-0.39, 0.29) is 17.6 Å². The zero-order valence-corrected chi connectivity index (χ0v) is 12.8. The van der Waals surface area contributed by atoms with Gasteiger partial charge in [0.15, 0.2) is 0 Å². The quantitative estimate of drug-likeness (QED) is 0.782. The van der Waals surface area contributed by atoms with Gasteiger partial charge in [-0.2, -0.15) is 11.8 Å². The number of hydrogen-bond donors (Lipinski definition) is 1. The lowest BCUT2D eigenvalue weighted by atomic mass is 10.1. The molecule has 0 aliphatic heterocycles. The number of thioether (sulfide) groups is 1.